The van der Waals surface area contributed by atoms with Gasteiger partial charge in [-0.3, -0.25) is 9.69 Å². The average molecular weight is 441 g/mol. The van der Waals surface area contributed by atoms with Crippen molar-refractivity contribution in [1.82, 2.24) is 10.2 Å². The van der Waals surface area contributed by atoms with Crippen molar-refractivity contribution in [3.05, 3.63) is 76.9 Å². The highest BCUT2D eigenvalue weighted by atomic mass is 32.1. The number of amides is 1. The third kappa shape index (κ3) is 5.12. The Kier molecular flexibility index (Phi) is 6.96. The molecule has 0 saturated carbocycles. The Hall–Kier alpha value is -2.74. The number of thiophene rings is 1. The van der Waals surface area contributed by atoms with Gasteiger partial charge in [-0.05, 0) is 35.9 Å². The molecule has 1 amide bonds. The zero-order valence-electron chi connectivity index (χ0n) is 17.3. The predicted octanol–water partition coefficient (Wildman–Crippen LogP) is 4.37. The Bertz CT molecular complexity index is 1020. The second kappa shape index (κ2) is 10.0. The topological polar surface area (TPSA) is 50.8 Å². The number of carbonyl (C=O) groups is 1. The molecule has 7 heteroatoms. The van der Waals surface area contributed by atoms with E-state index < -0.39 is 0 Å². The monoisotopic (exact) mass is 440 g/mol. The number of morpholine rings is 1. The van der Waals surface area contributed by atoms with Crippen LogP contribution >= 0.6 is 11.3 Å². The van der Waals surface area contributed by atoms with E-state index in [1.54, 1.807) is 37.4 Å². The zero-order valence-corrected chi connectivity index (χ0v) is 18.2. The largest absolute Gasteiger partial charge is 0.497 e. The molecule has 0 bridgehead atoms. The first-order valence-electron chi connectivity index (χ1n) is 10.2. The van der Waals surface area contributed by atoms with E-state index >= 15 is 0 Å². The number of carbonyl (C=O) groups excluding carboxylic acids is 1. The number of rotatable bonds is 7. The summed E-state index contributed by atoms with van der Waals surface area (Å²) < 4.78 is 24.8. The van der Waals surface area contributed by atoms with Crippen LogP contribution in [0.25, 0.3) is 10.4 Å². The number of hydrogen-bond acceptors (Lipinski definition) is 5. The minimum Gasteiger partial charge on any atom is -0.497 e. The molecule has 0 aliphatic carbocycles. The van der Waals surface area contributed by atoms with Crippen molar-refractivity contribution in [3.63, 3.8) is 0 Å². The van der Waals surface area contributed by atoms with E-state index in [1.165, 1.54) is 17.4 Å². The molecule has 0 spiro atoms. The van der Waals surface area contributed by atoms with Crippen LogP contribution in [0, 0.1) is 5.82 Å². The van der Waals surface area contributed by atoms with Crippen molar-refractivity contribution in [2.75, 3.05) is 40.0 Å². The van der Waals surface area contributed by atoms with E-state index in [4.69, 9.17) is 9.47 Å². The van der Waals surface area contributed by atoms with E-state index in [0.29, 0.717) is 30.2 Å². The first-order chi connectivity index (χ1) is 15.2. The molecule has 4 rings (SSSR count). The first kappa shape index (κ1) is 21.5. The number of methoxy groups -OCH3 is 1. The van der Waals surface area contributed by atoms with Crippen LogP contribution in [-0.4, -0.2) is 50.8 Å². The average Bonchev–Trinajstić information content (AvgIpc) is 3.31. The highest BCUT2D eigenvalue weighted by Gasteiger charge is 2.24. The minimum atomic E-state index is -0.289. The van der Waals surface area contributed by atoms with Crippen LogP contribution in [0.15, 0.2) is 60.7 Å². The van der Waals surface area contributed by atoms with Crippen LogP contribution in [0.4, 0.5) is 4.39 Å². The van der Waals surface area contributed by atoms with Crippen LogP contribution < -0.4 is 10.1 Å². The van der Waals surface area contributed by atoms with Crippen molar-refractivity contribution in [3.8, 4) is 16.2 Å². The van der Waals surface area contributed by atoms with Gasteiger partial charge in [0.25, 0.3) is 5.91 Å². The van der Waals surface area contributed by atoms with E-state index in [0.717, 1.165) is 29.3 Å². The summed E-state index contributed by atoms with van der Waals surface area (Å²) in [6.45, 7) is 3.44. The van der Waals surface area contributed by atoms with Gasteiger partial charge >= 0.3 is 0 Å². The third-order valence-electron chi connectivity index (χ3n) is 5.41. The quantitative estimate of drug-likeness (QED) is 0.593. The number of hydrogen-bond donors (Lipinski definition) is 1. The van der Waals surface area contributed by atoms with E-state index in [9.17, 15) is 9.18 Å². The molecule has 1 aromatic heterocycles. The molecule has 1 aliphatic rings. The van der Waals surface area contributed by atoms with Gasteiger partial charge in [0.1, 0.15) is 11.6 Å². The summed E-state index contributed by atoms with van der Waals surface area (Å²) in [5.41, 5.74) is 1.62. The molecule has 2 heterocycles. The number of halogens is 1. The SMILES string of the molecule is COc1ccc(C(CNC(=O)c2ccc(-c3ccccc3F)s2)N2CCOCC2)cc1. The highest BCUT2D eigenvalue weighted by Crippen LogP contribution is 2.30. The Morgan fingerprint density at radius 2 is 1.87 bits per heavy atom. The summed E-state index contributed by atoms with van der Waals surface area (Å²) in [6, 6.07) is 18.1. The second-order valence-corrected chi connectivity index (χ2v) is 8.37. The van der Waals surface area contributed by atoms with Gasteiger partial charge in [0.05, 0.1) is 31.2 Å². The van der Waals surface area contributed by atoms with Crippen molar-refractivity contribution >= 4 is 17.2 Å². The molecule has 1 N–H and O–H groups in total. The fraction of sp³-hybridized carbons (Fsp3) is 0.292. The molecule has 1 atom stereocenters. The lowest BCUT2D eigenvalue weighted by atomic mass is 10.0. The fourth-order valence-corrected chi connectivity index (χ4v) is 4.66. The molecule has 5 nitrogen and oxygen atoms in total. The molecular formula is C24H25FN2O3S. The van der Waals surface area contributed by atoms with Gasteiger partial charge in [-0.2, -0.15) is 0 Å². The molecule has 1 fully saturated rings. The van der Waals surface area contributed by atoms with Gasteiger partial charge in [-0.1, -0.05) is 30.3 Å². The smallest absolute Gasteiger partial charge is 0.261 e. The Balaban J connectivity index is 1.47. The van der Waals surface area contributed by atoms with Crippen molar-refractivity contribution in [2.24, 2.45) is 0 Å². The van der Waals surface area contributed by atoms with Gasteiger partial charge in [0.15, 0.2) is 0 Å². The normalized spacial score (nSPS) is 15.4. The van der Waals surface area contributed by atoms with Crippen LogP contribution in [0.1, 0.15) is 21.3 Å². The third-order valence-corrected chi connectivity index (χ3v) is 6.53. The molecular weight excluding hydrogens is 415 g/mol. The summed E-state index contributed by atoms with van der Waals surface area (Å²) in [7, 11) is 1.64. The van der Waals surface area contributed by atoms with Gasteiger partial charge < -0.3 is 14.8 Å². The van der Waals surface area contributed by atoms with E-state index in [1.807, 2.05) is 24.3 Å². The first-order valence-corrected chi connectivity index (χ1v) is 11.1. The van der Waals surface area contributed by atoms with E-state index in [2.05, 4.69) is 10.2 Å². The molecule has 3 aromatic rings. The zero-order chi connectivity index (χ0) is 21.6. The number of ether oxygens (including phenoxy) is 2. The fourth-order valence-electron chi connectivity index (χ4n) is 3.72. The molecule has 162 valence electrons. The lowest BCUT2D eigenvalue weighted by Gasteiger charge is -2.35. The van der Waals surface area contributed by atoms with Crippen LogP contribution in [0.3, 0.4) is 0 Å². The van der Waals surface area contributed by atoms with Gasteiger partial charge in [0.2, 0.25) is 0 Å². The van der Waals surface area contributed by atoms with Gasteiger partial charge in [0, 0.05) is 30.1 Å². The maximum Gasteiger partial charge on any atom is 0.261 e. The maximum absolute atomic E-state index is 14.1. The summed E-state index contributed by atoms with van der Waals surface area (Å²) in [4.78, 5) is 16.5. The molecule has 1 aliphatic heterocycles. The summed E-state index contributed by atoms with van der Waals surface area (Å²) in [5, 5.41) is 3.07. The number of nitrogens with one attached hydrogen (secondary N) is 1. The Morgan fingerprint density at radius 1 is 1.13 bits per heavy atom. The maximum atomic E-state index is 14.1. The van der Waals surface area contributed by atoms with Crippen LogP contribution in [0.5, 0.6) is 5.75 Å². The highest BCUT2D eigenvalue weighted by molar-refractivity contribution is 7.17. The van der Waals surface area contributed by atoms with Crippen LogP contribution in [0.2, 0.25) is 0 Å². The van der Waals surface area contributed by atoms with Crippen molar-refractivity contribution < 1.29 is 18.7 Å². The van der Waals surface area contributed by atoms with Crippen molar-refractivity contribution in [1.29, 1.82) is 0 Å². The standard InChI is InChI=1S/C24H25FN2O3S/c1-29-18-8-6-17(7-9-18)21(27-12-14-30-15-13-27)16-26-24(28)23-11-10-22(31-23)19-4-2-3-5-20(19)25/h2-11,21H,12-16H2,1H3,(H,26,28). The van der Waals surface area contributed by atoms with E-state index in [-0.39, 0.29) is 17.8 Å². The molecule has 2 aromatic carbocycles. The van der Waals surface area contributed by atoms with Crippen molar-refractivity contribution in [2.45, 2.75) is 6.04 Å². The minimum absolute atomic E-state index is 0.0322. The van der Waals surface area contributed by atoms with Crippen LogP contribution in [-0.2, 0) is 4.74 Å². The summed E-state index contributed by atoms with van der Waals surface area (Å²) >= 11 is 1.29. The molecule has 1 unspecified atom stereocenters. The molecule has 31 heavy (non-hydrogen) atoms. The second-order valence-electron chi connectivity index (χ2n) is 7.29. The number of benzene rings is 2. The predicted molar refractivity (Wildman–Crippen MR) is 120 cm³/mol. The Labute approximate surface area is 185 Å². The lowest BCUT2D eigenvalue weighted by Crippen LogP contribution is -2.43. The number of nitrogens with zero attached hydrogens (tertiary/aromatic N) is 1. The molecule has 1 saturated heterocycles. The summed E-state index contributed by atoms with van der Waals surface area (Å²) in [5.74, 6) is 0.357. The van der Waals surface area contributed by atoms with Gasteiger partial charge in [-0.15, -0.1) is 11.3 Å². The molecule has 0 radical (unpaired) electrons. The summed E-state index contributed by atoms with van der Waals surface area (Å²) in [6.07, 6.45) is 0. The Morgan fingerprint density at radius 3 is 2.58 bits per heavy atom. The van der Waals surface area contributed by atoms with Gasteiger partial charge in [-0.25, -0.2) is 4.39 Å². The lowest BCUT2D eigenvalue weighted by molar-refractivity contribution is 0.0162.